The lowest BCUT2D eigenvalue weighted by Gasteiger charge is -1.98. The van der Waals surface area contributed by atoms with E-state index in [-0.39, 0.29) is 0 Å². The van der Waals surface area contributed by atoms with Crippen LogP contribution in [0.25, 0.3) is 0 Å². The summed E-state index contributed by atoms with van der Waals surface area (Å²) in [5.74, 6) is 0. The zero-order valence-corrected chi connectivity index (χ0v) is 8.89. The molecular formula is C8H15NO3S. The Hall–Kier alpha value is -0.650. The topological polar surface area (TPSA) is 61.6 Å². The number of rotatable bonds is 1. The first-order chi connectivity index (χ1) is 5.83. The highest BCUT2D eigenvalue weighted by Crippen LogP contribution is 1.92. The monoisotopic (exact) mass is 205 g/mol. The summed E-state index contributed by atoms with van der Waals surface area (Å²) >= 11 is 0. The normalized spacial score (nSPS) is 20.6. The van der Waals surface area contributed by atoms with Gasteiger partial charge in [0.05, 0.1) is 22.9 Å². The van der Waals surface area contributed by atoms with Crippen LogP contribution in [0.15, 0.2) is 24.0 Å². The molecule has 0 spiro atoms. The molecule has 0 saturated carbocycles. The Morgan fingerprint density at radius 3 is 2.15 bits per heavy atom. The van der Waals surface area contributed by atoms with E-state index >= 15 is 0 Å². The average molecular weight is 205 g/mol. The van der Waals surface area contributed by atoms with Gasteiger partial charge in [-0.2, -0.15) is 0 Å². The zero-order chi connectivity index (χ0) is 10.5. The second kappa shape index (κ2) is 5.16. The molecule has 1 heterocycles. The molecule has 76 valence electrons. The summed E-state index contributed by atoms with van der Waals surface area (Å²) in [6.07, 6.45) is 7.15. The van der Waals surface area contributed by atoms with Crippen LogP contribution in [0.3, 0.4) is 0 Å². The molecule has 1 rings (SSSR count). The smallest absolute Gasteiger partial charge is 0.102 e. The van der Waals surface area contributed by atoms with Gasteiger partial charge in [0.15, 0.2) is 0 Å². The molecule has 1 N–H and O–H groups in total. The van der Waals surface area contributed by atoms with Crippen molar-refractivity contribution < 1.29 is 17.9 Å². The van der Waals surface area contributed by atoms with Crippen molar-refractivity contribution in [3.05, 3.63) is 24.0 Å². The first kappa shape index (κ1) is 12.3. The van der Waals surface area contributed by atoms with Gasteiger partial charge in [-0.1, -0.05) is 0 Å². The largest absolute Gasteiger partial charge is 0.748 e. The van der Waals surface area contributed by atoms with Gasteiger partial charge >= 0.3 is 0 Å². The third-order valence-corrected chi connectivity index (χ3v) is 1.38. The quantitative estimate of drug-likeness (QED) is 0.586. The summed E-state index contributed by atoms with van der Waals surface area (Å²) in [7, 11) is -3.92. The van der Waals surface area contributed by atoms with E-state index in [1.54, 1.807) is 0 Å². The lowest BCUT2D eigenvalue weighted by Crippen LogP contribution is -3.01. The predicted octanol–water partition coefficient (Wildman–Crippen LogP) is -0.516. The number of hydrogen-bond donors (Lipinski definition) is 1. The van der Waals surface area contributed by atoms with E-state index in [9.17, 15) is 0 Å². The Morgan fingerprint density at radius 2 is 2.00 bits per heavy atom. The van der Waals surface area contributed by atoms with Gasteiger partial charge in [-0.05, 0) is 19.9 Å². The summed E-state index contributed by atoms with van der Waals surface area (Å²) < 4.78 is 27.2. The van der Waals surface area contributed by atoms with Crippen molar-refractivity contribution in [3.63, 3.8) is 0 Å². The van der Waals surface area contributed by atoms with E-state index in [1.165, 1.54) is 10.5 Å². The zero-order valence-electron chi connectivity index (χ0n) is 8.07. The minimum absolute atomic E-state index is 0.604. The van der Waals surface area contributed by atoms with Crippen molar-refractivity contribution in [1.29, 1.82) is 0 Å². The van der Waals surface area contributed by atoms with Gasteiger partial charge in [0, 0.05) is 11.8 Å². The average Bonchev–Trinajstić information content (AvgIpc) is 2.31. The van der Waals surface area contributed by atoms with Crippen molar-refractivity contribution in [3.8, 4) is 0 Å². The van der Waals surface area contributed by atoms with E-state index in [0.717, 1.165) is 6.54 Å². The van der Waals surface area contributed by atoms with Crippen molar-refractivity contribution in [1.82, 2.24) is 0 Å². The van der Waals surface area contributed by atoms with Gasteiger partial charge < -0.3 is 4.55 Å². The molecule has 0 aromatic rings. The molecule has 4 nitrogen and oxygen atoms in total. The second-order valence-corrected chi connectivity index (χ2v) is 4.26. The van der Waals surface area contributed by atoms with Crippen LogP contribution in [-0.4, -0.2) is 25.8 Å². The maximum atomic E-state index is 9.08. The summed E-state index contributed by atoms with van der Waals surface area (Å²) in [6.45, 7) is 5.46. The lowest BCUT2D eigenvalue weighted by molar-refractivity contribution is -0.785. The molecule has 1 aliphatic rings. The minimum atomic E-state index is -3.92. The molecule has 0 fully saturated rings. The Morgan fingerprint density at radius 1 is 1.54 bits per heavy atom. The Kier molecular flexibility index (Phi) is 4.90. The Bertz CT molecular complexity index is 295. The van der Waals surface area contributed by atoms with Crippen LogP contribution in [0.1, 0.15) is 13.8 Å². The SMILES string of the molecule is CC[NH+]1C=CC(C)=C1.CS(=O)(=O)[O-]. The van der Waals surface area contributed by atoms with E-state index < -0.39 is 10.1 Å². The van der Waals surface area contributed by atoms with Gasteiger partial charge in [0.25, 0.3) is 0 Å². The fourth-order valence-corrected chi connectivity index (χ4v) is 0.847. The van der Waals surface area contributed by atoms with Crippen LogP contribution < -0.4 is 4.90 Å². The third-order valence-electron chi connectivity index (χ3n) is 1.38. The molecule has 1 aliphatic heterocycles. The minimum Gasteiger partial charge on any atom is -0.748 e. The molecule has 0 aromatic carbocycles. The van der Waals surface area contributed by atoms with E-state index in [2.05, 4.69) is 32.3 Å². The van der Waals surface area contributed by atoms with Gasteiger partial charge in [0.1, 0.15) is 6.20 Å². The Balaban J connectivity index is 0.000000252. The highest BCUT2D eigenvalue weighted by Gasteiger charge is 2.02. The van der Waals surface area contributed by atoms with Gasteiger partial charge in [0.2, 0.25) is 0 Å². The van der Waals surface area contributed by atoms with Gasteiger partial charge in [-0.3, -0.25) is 4.90 Å². The lowest BCUT2D eigenvalue weighted by atomic mass is 10.4. The van der Waals surface area contributed by atoms with Crippen LogP contribution in [0.2, 0.25) is 0 Å². The summed E-state index contributed by atoms with van der Waals surface area (Å²) in [5, 5.41) is 0. The molecule has 0 bridgehead atoms. The van der Waals surface area contributed by atoms with Gasteiger partial charge in [-0.15, -0.1) is 0 Å². The maximum absolute atomic E-state index is 9.08. The molecule has 5 heteroatoms. The standard InChI is InChI=1S/C7H11N.CH4O3S/c1-3-8-5-4-7(2)6-8;1-5(2,3)4/h4-6H,3H2,1-2H3;1H3,(H,2,3,4). The summed E-state index contributed by atoms with van der Waals surface area (Å²) in [6, 6.07) is 0. The van der Waals surface area contributed by atoms with Crippen molar-refractivity contribution >= 4 is 10.1 Å². The third kappa shape index (κ3) is 9.26. The van der Waals surface area contributed by atoms with Crippen LogP contribution in [-0.2, 0) is 10.1 Å². The van der Waals surface area contributed by atoms with E-state index in [1.807, 2.05) is 0 Å². The van der Waals surface area contributed by atoms with Crippen molar-refractivity contribution in [2.45, 2.75) is 13.8 Å². The highest BCUT2D eigenvalue weighted by atomic mass is 32.2. The first-order valence-corrected chi connectivity index (χ1v) is 5.77. The molecule has 0 aliphatic carbocycles. The van der Waals surface area contributed by atoms with Crippen molar-refractivity contribution in [2.75, 3.05) is 12.8 Å². The first-order valence-electron chi connectivity index (χ1n) is 3.96. The predicted molar refractivity (Wildman–Crippen MR) is 50.0 cm³/mol. The maximum Gasteiger partial charge on any atom is 0.102 e. The van der Waals surface area contributed by atoms with Crippen LogP contribution >= 0.6 is 0 Å². The molecule has 0 radical (unpaired) electrons. The Labute approximate surface area is 79.3 Å². The molecule has 0 saturated heterocycles. The number of allylic oxidation sites excluding steroid dienone is 2. The number of hydrogen-bond acceptors (Lipinski definition) is 3. The van der Waals surface area contributed by atoms with E-state index in [4.69, 9.17) is 13.0 Å². The second-order valence-electron chi connectivity index (χ2n) is 2.85. The molecular weight excluding hydrogens is 190 g/mol. The fraction of sp³-hybridized carbons (Fsp3) is 0.500. The fourth-order valence-electron chi connectivity index (χ4n) is 0.847. The van der Waals surface area contributed by atoms with E-state index in [0.29, 0.717) is 6.26 Å². The van der Waals surface area contributed by atoms with Crippen LogP contribution in [0.5, 0.6) is 0 Å². The highest BCUT2D eigenvalue weighted by molar-refractivity contribution is 7.84. The molecule has 13 heavy (non-hydrogen) atoms. The molecule has 0 amide bonds. The number of nitrogens with one attached hydrogen (secondary N) is 1. The molecule has 1 atom stereocenters. The van der Waals surface area contributed by atoms with Crippen molar-refractivity contribution in [2.24, 2.45) is 0 Å². The number of quaternary nitrogens is 1. The van der Waals surface area contributed by atoms with Crippen LogP contribution in [0.4, 0.5) is 0 Å². The van der Waals surface area contributed by atoms with Gasteiger partial charge in [-0.25, -0.2) is 8.42 Å². The molecule has 0 aromatic heterocycles. The summed E-state index contributed by atoms with van der Waals surface area (Å²) in [4.78, 5) is 1.45. The summed E-state index contributed by atoms with van der Waals surface area (Å²) in [5.41, 5.74) is 1.38. The van der Waals surface area contributed by atoms with Crippen LogP contribution in [0, 0.1) is 0 Å². The molecule has 1 unspecified atom stereocenters.